The van der Waals surface area contributed by atoms with Crippen molar-refractivity contribution in [1.29, 1.82) is 0 Å². The van der Waals surface area contributed by atoms with Gasteiger partial charge in [0.2, 0.25) is 11.6 Å². The number of amides is 1. The number of nitrogens with zero attached hydrogens (tertiary/aromatic N) is 2. The van der Waals surface area contributed by atoms with Crippen molar-refractivity contribution < 1.29 is 27.9 Å². The van der Waals surface area contributed by atoms with Gasteiger partial charge in [-0.05, 0) is 18.2 Å². The van der Waals surface area contributed by atoms with E-state index in [1.54, 1.807) is 0 Å². The van der Waals surface area contributed by atoms with Crippen LogP contribution in [0.1, 0.15) is 28.6 Å². The maximum absolute atomic E-state index is 14.5. The number of pyridine rings is 2. The summed E-state index contributed by atoms with van der Waals surface area (Å²) in [5, 5.41) is 2.57. The number of ketones is 2. The SMILES string of the molecule is Nc1cc(F)c(-c2ccccc2F)nc1C(=O)Nc1cnccc1C1CC(=O)C(=O)C(CCl)O1. The summed E-state index contributed by atoms with van der Waals surface area (Å²) in [7, 11) is 0. The average molecular weight is 487 g/mol. The minimum absolute atomic E-state index is 0.137. The molecule has 0 aliphatic carbocycles. The number of hydrogen-bond donors (Lipinski definition) is 2. The first-order chi connectivity index (χ1) is 16.3. The third kappa shape index (κ3) is 4.50. The van der Waals surface area contributed by atoms with E-state index in [2.05, 4.69) is 15.3 Å². The number of ether oxygens (including phenoxy) is 1. The minimum atomic E-state index is -1.11. The Hall–Kier alpha value is -3.76. The van der Waals surface area contributed by atoms with Crippen molar-refractivity contribution in [3.63, 3.8) is 0 Å². The summed E-state index contributed by atoms with van der Waals surface area (Å²) in [4.78, 5) is 44.9. The van der Waals surface area contributed by atoms with Crippen molar-refractivity contribution in [2.24, 2.45) is 0 Å². The van der Waals surface area contributed by atoms with Gasteiger partial charge in [0, 0.05) is 29.8 Å². The summed E-state index contributed by atoms with van der Waals surface area (Å²) < 4.78 is 34.3. The highest BCUT2D eigenvalue weighted by Gasteiger charge is 2.37. The molecule has 0 spiro atoms. The van der Waals surface area contributed by atoms with Crippen molar-refractivity contribution in [2.75, 3.05) is 16.9 Å². The Morgan fingerprint density at radius 1 is 1.21 bits per heavy atom. The smallest absolute Gasteiger partial charge is 0.276 e. The van der Waals surface area contributed by atoms with Crippen molar-refractivity contribution in [2.45, 2.75) is 18.6 Å². The molecule has 0 bridgehead atoms. The molecule has 4 rings (SSSR count). The molecular weight excluding hydrogens is 470 g/mol. The Morgan fingerprint density at radius 2 is 1.97 bits per heavy atom. The Balaban J connectivity index is 1.66. The van der Waals surface area contributed by atoms with E-state index < -0.39 is 41.3 Å². The second-order valence-corrected chi connectivity index (χ2v) is 7.72. The topological polar surface area (TPSA) is 124 Å². The highest BCUT2D eigenvalue weighted by Crippen LogP contribution is 2.33. The molecule has 0 radical (unpaired) electrons. The van der Waals surface area contributed by atoms with Gasteiger partial charge in [0.15, 0.2) is 11.5 Å². The lowest BCUT2D eigenvalue weighted by molar-refractivity contribution is -0.154. The number of nitrogen functional groups attached to an aromatic ring is 1. The first-order valence-corrected chi connectivity index (χ1v) is 10.6. The molecular formula is C23H17ClF2N4O4. The average Bonchev–Trinajstić information content (AvgIpc) is 2.82. The Morgan fingerprint density at radius 3 is 2.71 bits per heavy atom. The molecule has 1 saturated heterocycles. The maximum atomic E-state index is 14.5. The van der Waals surface area contributed by atoms with Gasteiger partial charge < -0.3 is 15.8 Å². The molecule has 1 amide bonds. The fraction of sp³-hybridized carbons (Fsp3) is 0.174. The summed E-state index contributed by atoms with van der Waals surface area (Å²) in [6.45, 7) is 0. The number of alkyl halides is 1. The quantitative estimate of drug-likeness (QED) is 0.418. The normalized spacial score (nSPS) is 18.1. The van der Waals surface area contributed by atoms with Crippen LogP contribution in [0.5, 0.6) is 0 Å². The van der Waals surface area contributed by atoms with E-state index in [1.165, 1.54) is 36.7 Å². The lowest BCUT2D eigenvalue weighted by atomic mass is 9.96. The first kappa shape index (κ1) is 23.4. The van der Waals surface area contributed by atoms with E-state index in [1.807, 2.05) is 0 Å². The minimum Gasteiger partial charge on any atom is -0.397 e. The molecule has 3 N–H and O–H groups in total. The number of carbonyl (C=O) groups excluding carboxylic acids is 3. The number of aromatic nitrogens is 2. The molecule has 0 saturated carbocycles. The summed E-state index contributed by atoms with van der Waals surface area (Å²) in [5.74, 6) is -4.00. The van der Waals surface area contributed by atoms with Crippen LogP contribution >= 0.6 is 11.6 Å². The molecule has 174 valence electrons. The number of halogens is 3. The molecule has 3 aromatic rings. The van der Waals surface area contributed by atoms with Crippen LogP contribution in [0, 0.1) is 11.6 Å². The van der Waals surface area contributed by atoms with Gasteiger partial charge in [0.05, 0.1) is 29.6 Å². The predicted octanol–water partition coefficient (Wildman–Crippen LogP) is 3.46. The number of benzene rings is 1. The van der Waals surface area contributed by atoms with Gasteiger partial charge >= 0.3 is 0 Å². The molecule has 11 heteroatoms. The molecule has 2 atom stereocenters. The van der Waals surface area contributed by atoms with E-state index in [0.717, 1.165) is 12.1 Å². The Bertz CT molecular complexity index is 1300. The van der Waals surface area contributed by atoms with E-state index in [0.29, 0.717) is 5.56 Å². The molecule has 3 heterocycles. The van der Waals surface area contributed by atoms with Crippen LogP contribution in [-0.2, 0) is 14.3 Å². The van der Waals surface area contributed by atoms with Crippen LogP contribution in [0.4, 0.5) is 20.2 Å². The summed E-state index contributed by atoms with van der Waals surface area (Å²) >= 11 is 5.74. The van der Waals surface area contributed by atoms with Gasteiger partial charge in [-0.1, -0.05) is 12.1 Å². The summed E-state index contributed by atoms with van der Waals surface area (Å²) in [5.41, 5.74) is 5.22. The third-order valence-corrected chi connectivity index (χ3v) is 5.49. The first-order valence-electron chi connectivity index (χ1n) is 10.0. The number of nitrogens with two attached hydrogens (primary N) is 1. The standard InChI is InChI=1S/C23H17ClF2N4O4/c24-9-19-22(32)17(31)8-18(34-19)12-5-6-28-10-16(12)29-23(33)21-15(27)7-14(26)20(30-21)11-3-1-2-4-13(11)25/h1-7,10,18-19H,8-9,27H2,(H,29,33). The highest BCUT2D eigenvalue weighted by atomic mass is 35.5. The molecule has 1 aliphatic heterocycles. The van der Waals surface area contributed by atoms with Gasteiger partial charge in [-0.25, -0.2) is 13.8 Å². The Kier molecular flexibility index (Phi) is 6.62. The molecule has 8 nitrogen and oxygen atoms in total. The zero-order valence-electron chi connectivity index (χ0n) is 17.4. The number of Topliss-reactive ketones (excluding diaryl/α,β-unsaturated/α-hetero) is 2. The summed E-state index contributed by atoms with van der Waals surface area (Å²) in [6.07, 6.45) is 0.520. The van der Waals surface area contributed by atoms with Gasteiger partial charge in [0.1, 0.15) is 17.6 Å². The highest BCUT2D eigenvalue weighted by molar-refractivity contribution is 6.41. The fourth-order valence-electron chi connectivity index (χ4n) is 3.55. The summed E-state index contributed by atoms with van der Waals surface area (Å²) in [6, 6.07) is 7.80. The van der Waals surface area contributed by atoms with Crippen LogP contribution in [-0.4, -0.2) is 39.4 Å². The monoisotopic (exact) mass is 486 g/mol. The Labute approximate surface area is 197 Å². The molecule has 1 fully saturated rings. The van der Waals surface area contributed by atoms with Gasteiger partial charge in [0.25, 0.3) is 5.91 Å². The number of carbonyl (C=O) groups is 3. The zero-order chi connectivity index (χ0) is 24.4. The van der Waals surface area contributed by atoms with E-state index >= 15 is 0 Å². The number of rotatable bonds is 5. The molecule has 2 unspecified atom stereocenters. The fourth-order valence-corrected chi connectivity index (χ4v) is 3.76. The molecule has 1 aromatic carbocycles. The maximum Gasteiger partial charge on any atom is 0.276 e. The molecule has 34 heavy (non-hydrogen) atoms. The molecule has 1 aliphatic rings. The van der Waals surface area contributed by atoms with Crippen LogP contribution in [0.25, 0.3) is 11.3 Å². The van der Waals surface area contributed by atoms with Crippen LogP contribution in [0.15, 0.2) is 48.8 Å². The van der Waals surface area contributed by atoms with Crippen molar-refractivity contribution in [3.05, 3.63) is 71.7 Å². The largest absolute Gasteiger partial charge is 0.397 e. The van der Waals surface area contributed by atoms with Crippen LogP contribution < -0.4 is 11.1 Å². The van der Waals surface area contributed by atoms with Crippen LogP contribution in [0.3, 0.4) is 0 Å². The molecule has 2 aromatic heterocycles. The van der Waals surface area contributed by atoms with Gasteiger partial charge in [-0.15, -0.1) is 11.6 Å². The lowest BCUT2D eigenvalue weighted by Crippen LogP contribution is -2.40. The number of anilines is 2. The van der Waals surface area contributed by atoms with E-state index in [-0.39, 0.29) is 40.6 Å². The lowest BCUT2D eigenvalue weighted by Gasteiger charge is -2.28. The number of hydrogen-bond acceptors (Lipinski definition) is 7. The third-order valence-electron chi connectivity index (χ3n) is 5.21. The van der Waals surface area contributed by atoms with Crippen molar-refractivity contribution >= 4 is 40.4 Å². The number of nitrogens with one attached hydrogen (secondary N) is 1. The van der Waals surface area contributed by atoms with Gasteiger partial charge in [-0.2, -0.15) is 0 Å². The van der Waals surface area contributed by atoms with Crippen molar-refractivity contribution in [1.82, 2.24) is 9.97 Å². The second kappa shape index (κ2) is 9.62. The van der Waals surface area contributed by atoms with Crippen LogP contribution in [0.2, 0.25) is 0 Å². The predicted molar refractivity (Wildman–Crippen MR) is 119 cm³/mol. The zero-order valence-corrected chi connectivity index (χ0v) is 18.2. The van der Waals surface area contributed by atoms with E-state index in [4.69, 9.17) is 22.1 Å². The van der Waals surface area contributed by atoms with Crippen molar-refractivity contribution in [3.8, 4) is 11.3 Å². The van der Waals surface area contributed by atoms with Gasteiger partial charge in [-0.3, -0.25) is 19.4 Å². The second-order valence-electron chi connectivity index (χ2n) is 7.41. The van der Waals surface area contributed by atoms with E-state index in [9.17, 15) is 23.2 Å².